The first kappa shape index (κ1) is 14.0. The summed E-state index contributed by atoms with van der Waals surface area (Å²) in [6.07, 6.45) is 1.97. The summed E-state index contributed by atoms with van der Waals surface area (Å²) in [6.45, 7) is 5.91. The number of nitrogens with zero attached hydrogens (tertiary/aromatic N) is 1. The molecule has 0 bridgehead atoms. The summed E-state index contributed by atoms with van der Waals surface area (Å²) in [5.74, 6) is 0.673. The van der Waals surface area contributed by atoms with Crippen LogP contribution >= 0.6 is 0 Å². The van der Waals surface area contributed by atoms with Crippen molar-refractivity contribution in [1.82, 2.24) is 4.90 Å². The Morgan fingerprint density at radius 3 is 2.24 bits per heavy atom. The van der Waals surface area contributed by atoms with Gasteiger partial charge < -0.3 is 16.4 Å². The SMILES string of the molecule is CC(C)C1CCN(C(=O)[C@H](N)CC(N)=O)CC1. The van der Waals surface area contributed by atoms with Crippen LogP contribution in [0.5, 0.6) is 0 Å². The molecule has 2 amide bonds. The zero-order valence-electron chi connectivity index (χ0n) is 10.7. The molecule has 4 N–H and O–H groups in total. The van der Waals surface area contributed by atoms with Crippen molar-refractivity contribution in [1.29, 1.82) is 0 Å². The fourth-order valence-corrected chi connectivity index (χ4v) is 2.33. The van der Waals surface area contributed by atoms with Crippen LogP contribution in [-0.4, -0.2) is 35.8 Å². The summed E-state index contributed by atoms with van der Waals surface area (Å²) in [5, 5.41) is 0. The Bertz CT molecular complexity index is 283. The molecule has 0 spiro atoms. The maximum Gasteiger partial charge on any atom is 0.240 e. The maximum atomic E-state index is 11.9. The highest BCUT2D eigenvalue weighted by atomic mass is 16.2. The molecule has 1 heterocycles. The topological polar surface area (TPSA) is 89.4 Å². The van der Waals surface area contributed by atoms with Crippen LogP contribution < -0.4 is 11.5 Å². The predicted octanol–water partition coefficient (Wildman–Crippen LogP) is 0.0837. The second kappa shape index (κ2) is 6.00. The quantitative estimate of drug-likeness (QED) is 0.730. The van der Waals surface area contributed by atoms with E-state index in [-0.39, 0.29) is 12.3 Å². The van der Waals surface area contributed by atoms with Gasteiger partial charge in [-0.15, -0.1) is 0 Å². The van der Waals surface area contributed by atoms with E-state index in [4.69, 9.17) is 11.5 Å². The monoisotopic (exact) mass is 241 g/mol. The highest BCUT2D eigenvalue weighted by Gasteiger charge is 2.27. The molecule has 1 aliphatic heterocycles. The molecule has 1 atom stereocenters. The van der Waals surface area contributed by atoms with Gasteiger partial charge in [0.15, 0.2) is 0 Å². The molecule has 0 aliphatic carbocycles. The molecule has 0 saturated carbocycles. The van der Waals surface area contributed by atoms with Gasteiger partial charge in [0.2, 0.25) is 11.8 Å². The Labute approximate surface area is 103 Å². The molecule has 0 radical (unpaired) electrons. The number of carbonyl (C=O) groups excluding carboxylic acids is 2. The van der Waals surface area contributed by atoms with E-state index in [1.165, 1.54) is 0 Å². The van der Waals surface area contributed by atoms with Gasteiger partial charge in [-0.3, -0.25) is 9.59 Å². The summed E-state index contributed by atoms with van der Waals surface area (Å²) in [6, 6.07) is -0.775. The van der Waals surface area contributed by atoms with Crippen LogP contribution in [0.15, 0.2) is 0 Å². The van der Waals surface area contributed by atoms with Crippen LogP contribution in [0.1, 0.15) is 33.1 Å². The molecule has 5 heteroatoms. The highest BCUT2D eigenvalue weighted by Crippen LogP contribution is 2.24. The van der Waals surface area contributed by atoms with E-state index in [0.29, 0.717) is 11.8 Å². The van der Waals surface area contributed by atoms with E-state index in [1.807, 2.05) is 0 Å². The number of primary amides is 1. The molecular formula is C12H23N3O2. The molecule has 0 unspecified atom stereocenters. The zero-order chi connectivity index (χ0) is 13.0. The molecule has 0 aromatic heterocycles. The Kier molecular flexibility index (Phi) is 4.93. The Balaban J connectivity index is 2.43. The second-order valence-electron chi connectivity index (χ2n) is 5.18. The van der Waals surface area contributed by atoms with E-state index in [9.17, 15) is 9.59 Å². The third-order valence-corrected chi connectivity index (χ3v) is 3.53. The lowest BCUT2D eigenvalue weighted by atomic mass is 9.86. The molecule has 1 saturated heterocycles. The normalized spacial score (nSPS) is 19.4. The van der Waals surface area contributed by atoms with Crippen LogP contribution in [0.4, 0.5) is 0 Å². The van der Waals surface area contributed by atoms with Crippen LogP contribution in [0.2, 0.25) is 0 Å². The third-order valence-electron chi connectivity index (χ3n) is 3.53. The summed E-state index contributed by atoms with van der Waals surface area (Å²) in [5.41, 5.74) is 10.7. The van der Waals surface area contributed by atoms with E-state index < -0.39 is 11.9 Å². The minimum atomic E-state index is -0.775. The number of likely N-dealkylation sites (tertiary alicyclic amines) is 1. The van der Waals surface area contributed by atoms with Crippen molar-refractivity contribution in [2.75, 3.05) is 13.1 Å². The summed E-state index contributed by atoms with van der Waals surface area (Å²) >= 11 is 0. The third kappa shape index (κ3) is 4.00. The average molecular weight is 241 g/mol. The molecule has 1 aliphatic rings. The summed E-state index contributed by atoms with van der Waals surface area (Å²) in [7, 11) is 0. The second-order valence-corrected chi connectivity index (χ2v) is 5.18. The zero-order valence-corrected chi connectivity index (χ0v) is 10.7. The van der Waals surface area contributed by atoms with Crippen LogP contribution in [0, 0.1) is 11.8 Å². The lowest BCUT2D eigenvalue weighted by Crippen LogP contribution is -2.48. The van der Waals surface area contributed by atoms with Gasteiger partial charge in [-0.05, 0) is 24.7 Å². The molecule has 0 aromatic rings. The number of carbonyl (C=O) groups is 2. The molecule has 17 heavy (non-hydrogen) atoms. The maximum absolute atomic E-state index is 11.9. The highest BCUT2D eigenvalue weighted by molar-refractivity contribution is 5.87. The molecule has 98 valence electrons. The number of hydrogen-bond donors (Lipinski definition) is 2. The number of piperidine rings is 1. The minimum absolute atomic E-state index is 0.0665. The predicted molar refractivity (Wildman–Crippen MR) is 65.9 cm³/mol. The van der Waals surface area contributed by atoms with Crippen molar-refractivity contribution < 1.29 is 9.59 Å². The molecule has 1 rings (SSSR count). The van der Waals surface area contributed by atoms with E-state index in [1.54, 1.807) is 4.90 Å². The largest absolute Gasteiger partial charge is 0.370 e. The molecule has 0 aromatic carbocycles. The standard InChI is InChI=1S/C12H23N3O2/c1-8(2)9-3-5-15(6-4-9)12(17)10(13)7-11(14)16/h8-10H,3-7,13H2,1-2H3,(H2,14,16)/t10-/m1/s1. The fraction of sp³-hybridized carbons (Fsp3) is 0.833. The van der Waals surface area contributed by atoms with Gasteiger partial charge in [0.25, 0.3) is 0 Å². The Hall–Kier alpha value is -1.10. The van der Waals surface area contributed by atoms with E-state index in [2.05, 4.69) is 13.8 Å². The van der Waals surface area contributed by atoms with Gasteiger partial charge >= 0.3 is 0 Å². The Morgan fingerprint density at radius 1 is 1.29 bits per heavy atom. The van der Waals surface area contributed by atoms with Gasteiger partial charge in [0.1, 0.15) is 0 Å². The molecular weight excluding hydrogens is 218 g/mol. The fourth-order valence-electron chi connectivity index (χ4n) is 2.33. The number of amides is 2. The van der Waals surface area contributed by atoms with Gasteiger partial charge in [-0.1, -0.05) is 13.8 Å². The van der Waals surface area contributed by atoms with Crippen molar-refractivity contribution in [2.24, 2.45) is 23.3 Å². The minimum Gasteiger partial charge on any atom is -0.370 e. The van der Waals surface area contributed by atoms with Gasteiger partial charge in [0, 0.05) is 13.1 Å². The van der Waals surface area contributed by atoms with Crippen LogP contribution in [0.3, 0.4) is 0 Å². The van der Waals surface area contributed by atoms with Gasteiger partial charge in [-0.25, -0.2) is 0 Å². The first-order valence-corrected chi connectivity index (χ1v) is 6.24. The first-order chi connectivity index (χ1) is 7.91. The van der Waals surface area contributed by atoms with E-state index >= 15 is 0 Å². The van der Waals surface area contributed by atoms with Gasteiger partial charge in [-0.2, -0.15) is 0 Å². The van der Waals surface area contributed by atoms with Crippen molar-refractivity contribution in [3.8, 4) is 0 Å². The Morgan fingerprint density at radius 2 is 1.82 bits per heavy atom. The smallest absolute Gasteiger partial charge is 0.240 e. The van der Waals surface area contributed by atoms with E-state index in [0.717, 1.165) is 25.9 Å². The van der Waals surface area contributed by atoms with Crippen molar-refractivity contribution in [3.05, 3.63) is 0 Å². The number of hydrogen-bond acceptors (Lipinski definition) is 3. The van der Waals surface area contributed by atoms with Crippen molar-refractivity contribution >= 4 is 11.8 Å². The average Bonchev–Trinajstić information content (AvgIpc) is 2.27. The number of nitrogens with two attached hydrogens (primary N) is 2. The van der Waals surface area contributed by atoms with Crippen molar-refractivity contribution in [2.45, 2.75) is 39.2 Å². The first-order valence-electron chi connectivity index (χ1n) is 6.24. The molecule has 1 fully saturated rings. The summed E-state index contributed by atoms with van der Waals surface area (Å²) < 4.78 is 0. The van der Waals surface area contributed by atoms with Gasteiger partial charge in [0.05, 0.1) is 12.5 Å². The van der Waals surface area contributed by atoms with Crippen LogP contribution in [-0.2, 0) is 9.59 Å². The summed E-state index contributed by atoms with van der Waals surface area (Å²) in [4.78, 5) is 24.4. The van der Waals surface area contributed by atoms with Crippen molar-refractivity contribution in [3.63, 3.8) is 0 Å². The lowest BCUT2D eigenvalue weighted by Gasteiger charge is -2.35. The lowest BCUT2D eigenvalue weighted by molar-refractivity contribution is -0.136. The number of rotatable bonds is 4. The molecule has 5 nitrogen and oxygen atoms in total. The van der Waals surface area contributed by atoms with Crippen LogP contribution in [0.25, 0.3) is 0 Å².